The Morgan fingerprint density at radius 3 is 2.64 bits per heavy atom. The molecular formula is C19H30N4O2. The molecule has 6 nitrogen and oxygen atoms in total. The van der Waals surface area contributed by atoms with Crippen LogP contribution in [0.2, 0.25) is 0 Å². The van der Waals surface area contributed by atoms with Gasteiger partial charge < -0.3 is 9.80 Å². The standard InChI is InChI=1S/C19H30N4O2/c1-19(2,3)11-17(24)23-8-6-7-14(12-23)9-15-10-16(21-13-20-15)18(25)22(4)5/h10,13-14H,6-9,11-12H2,1-5H3. The van der Waals surface area contributed by atoms with Crippen molar-refractivity contribution in [1.29, 1.82) is 0 Å². The van der Waals surface area contributed by atoms with E-state index in [2.05, 4.69) is 30.7 Å². The van der Waals surface area contributed by atoms with Crippen LogP contribution in [0.4, 0.5) is 0 Å². The summed E-state index contributed by atoms with van der Waals surface area (Å²) in [6.45, 7) is 7.90. The lowest BCUT2D eigenvalue weighted by Gasteiger charge is -2.34. The van der Waals surface area contributed by atoms with E-state index in [0.717, 1.165) is 38.0 Å². The van der Waals surface area contributed by atoms with E-state index in [-0.39, 0.29) is 17.2 Å². The second kappa shape index (κ2) is 7.93. The summed E-state index contributed by atoms with van der Waals surface area (Å²) in [5.74, 6) is 0.507. The zero-order chi connectivity index (χ0) is 18.6. The van der Waals surface area contributed by atoms with Gasteiger partial charge in [-0.1, -0.05) is 20.8 Å². The van der Waals surface area contributed by atoms with Gasteiger partial charge in [0.25, 0.3) is 5.91 Å². The molecule has 0 radical (unpaired) electrons. The number of nitrogens with zero attached hydrogens (tertiary/aromatic N) is 4. The van der Waals surface area contributed by atoms with Crippen LogP contribution in [-0.4, -0.2) is 58.8 Å². The molecule has 1 aromatic rings. The molecule has 0 bridgehead atoms. The molecule has 0 N–H and O–H groups in total. The summed E-state index contributed by atoms with van der Waals surface area (Å²) in [7, 11) is 3.42. The molecule has 2 amide bonds. The third-order valence-electron chi connectivity index (χ3n) is 4.40. The Morgan fingerprint density at radius 1 is 1.28 bits per heavy atom. The smallest absolute Gasteiger partial charge is 0.272 e. The largest absolute Gasteiger partial charge is 0.343 e. The summed E-state index contributed by atoms with van der Waals surface area (Å²) in [4.78, 5) is 36.4. The third-order valence-corrected chi connectivity index (χ3v) is 4.40. The molecule has 1 aromatic heterocycles. The summed E-state index contributed by atoms with van der Waals surface area (Å²) in [5.41, 5.74) is 1.31. The molecule has 138 valence electrons. The number of aromatic nitrogens is 2. The second-order valence-corrected chi connectivity index (χ2v) is 8.38. The van der Waals surface area contributed by atoms with E-state index in [4.69, 9.17) is 0 Å². The van der Waals surface area contributed by atoms with Crippen LogP contribution in [0.5, 0.6) is 0 Å². The number of likely N-dealkylation sites (tertiary alicyclic amines) is 1. The van der Waals surface area contributed by atoms with E-state index < -0.39 is 0 Å². The van der Waals surface area contributed by atoms with E-state index in [0.29, 0.717) is 18.0 Å². The quantitative estimate of drug-likeness (QED) is 0.840. The van der Waals surface area contributed by atoms with Crippen LogP contribution in [0.3, 0.4) is 0 Å². The molecule has 1 aliphatic rings. The van der Waals surface area contributed by atoms with Crippen LogP contribution < -0.4 is 0 Å². The minimum atomic E-state index is -0.116. The normalized spacial score (nSPS) is 18.1. The maximum atomic E-state index is 12.5. The number of hydrogen-bond acceptors (Lipinski definition) is 4. The molecule has 0 aromatic carbocycles. The van der Waals surface area contributed by atoms with Gasteiger partial charge in [0.2, 0.25) is 5.91 Å². The van der Waals surface area contributed by atoms with Crippen molar-refractivity contribution in [3.05, 3.63) is 23.8 Å². The molecule has 2 heterocycles. The Morgan fingerprint density at radius 2 is 2.00 bits per heavy atom. The summed E-state index contributed by atoms with van der Waals surface area (Å²) in [6.07, 6.45) is 4.91. The van der Waals surface area contributed by atoms with Gasteiger partial charge in [-0.25, -0.2) is 9.97 Å². The minimum Gasteiger partial charge on any atom is -0.343 e. The SMILES string of the molecule is CN(C)C(=O)c1cc(CC2CCCN(C(=O)CC(C)(C)C)C2)ncn1. The molecule has 1 atom stereocenters. The number of carbonyl (C=O) groups excluding carboxylic acids is 2. The Labute approximate surface area is 150 Å². The molecule has 0 saturated carbocycles. The second-order valence-electron chi connectivity index (χ2n) is 8.38. The molecular weight excluding hydrogens is 316 g/mol. The highest BCUT2D eigenvalue weighted by atomic mass is 16.2. The van der Waals surface area contributed by atoms with Gasteiger partial charge in [0, 0.05) is 39.3 Å². The lowest BCUT2D eigenvalue weighted by atomic mass is 9.89. The molecule has 1 fully saturated rings. The van der Waals surface area contributed by atoms with Gasteiger partial charge in [0.1, 0.15) is 12.0 Å². The molecule has 1 aliphatic heterocycles. The molecule has 0 spiro atoms. The number of carbonyl (C=O) groups is 2. The van der Waals surface area contributed by atoms with E-state index in [1.807, 2.05) is 4.90 Å². The maximum Gasteiger partial charge on any atom is 0.272 e. The van der Waals surface area contributed by atoms with Gasteiger partial charge in [-0.05, 0) is 36.7 Å². The summed E-state index contributed by atoms with van der Waals surface area (Å²) in [5, 5.41) is 0. The minimum absolute atomic E-state index is 0.0120. The first kappa shape index (κ1) is 19.3. The molecule has 0 aliphatic carbocycles. The van der Waals surface area contributed by atoms with Crippen LogP contribution in [-0.2, 0) is 11.2 Å². The van der Waals surface area contributed by atoms with Crippen molar-refractivity contribution in [2.24, 2.45) is 11.3 Å². The predicted octanol–water partition coefficient (Wildman–Crippen LogP) is 2.40. The van der Waals surface area contributed by atoms with Crippen molar-refractivity contribution in [3.8, 4) is 0 Å². The fourth-order valence-corrected chi connectivity index (χ4v) is 3.17. The van der Waals surface area contributed by atoms with Gasteiger partial charge >= 0.3 is 0 Å². The van der Waals surface area contributed by atoms with Crippen molar-refractivity contribution >= 4 is 11.8 Å². The summed E-state index contributed by atoms with van der Waals surface area (Å²) >= 11 is 0. The van der Waals surface area contributed by atoms with Gasteiger partial charge in [-0.3, -0.25) is 9.59 Å². The van der Waals surface area contributed by atoms with Crippen LogP contribution >= 0.6 is 0 Å². The van der Waals surface area contributed by atoms with Gasteiger partial charge in [-0.2, -0.15) is 0 Å². The van der Waals surface area contributed by atoms with E-state index >= 15 is 0 Å². The van der Waals surface area contributed by atoms with Crippen LogP contribution in [0, 0.1) is 11.3 Å². The maximum absolute atomic E-state index is 12.5. The Kier molecular flexibility index (Phi) is 6.14. The monoisotopic (exact) mass is 346 g/mol. The average molecular weight is 346 g/mol. The third kappa shape index (κ3) is 5.80. The first-order valence-corrected chi connectivity index (χ1v) is 8.96. The Balaban J connectivity index is 2.00. The van der Waals surface area contributed by atoms with Crippen molar-refractivity contribution in [1.82, 2.24) is 19.8 Å². The van der Waals surface area contributed by atoms with Gasteiger partial charge in [-0.15, -0.1) is 0 Å². The Hall–Kier alpha value is -1.98. The molecule has 1 saturated heterocycles. The fourth-order valence-electron chi connectivity index (χ4n) is 3.17. The molecule has 1 unspecified atom stereocenters. The number of piperidine rings is 1. The van der Waals surface area contributed by atoms with Crippen molar-refractivity contribution in [3.63, 3.8) is 0 Å². The van der Waals surface area contributed by atoms with E-state index in [1.54, 1.807) is 20.2 Å². The predicted molar refractivity (Wildman–Crippen MR) is 97.1 cm³/mol. The number of rotatable bonds is 4. The summed E-state index contributed by atoms with van der Waals surface area (Å²) in [6, 6.07) is 1.78. The highest BCUT2D eigenvalue weighted by Gasteiger charge is 2.27. The first-order chi connectivity index (χ1) is 11.7. The summed E-state index contributed by atoms with van der Waals surface area (Å²) < 4.78 is 0. The number of hydrogen-bond donors (Lipinski definition) is 0. The van der Waals surface area contributed by atoms with Gasteiger partial charge in [0.05, 0.1) is 0 Å². The molecule has 6 heteroatoms. The van der Waals surface area contributed by atoms with Crippen molar-refractivity contribution in [2.75, 3.05) is 27.2 Å². The Bertz CT molecular complexity index is 622. The lowest BCUT2D eigenvalue weighted by Crippen LogP contribution is -2.41. The lowest BCUT2D eigenvalue weighted by molar-refractivity contribution is -0.134. The van der Waals surface area contributed by atoms with Crippen LogP contribution in [0.25, 0.3) is 0 Å². The molecule has 25 heavy (non-hydrogen) atoms. The number of amides is 2. The average Bonchev–Trinajstić information content (AvgIpc) is 2.53. The van der Waals surface area contributed by atoms with E-state index in [9.17, 15) is 9.59 Å². The van der Waals surface area contributed by atoms with Crippen LogP contribution in [0.15, 0.2) is 12.4 Å². The zero-order valence-electron chi connectivity index (χ0n) is 16.1. The van der Waals surface area contributed by atoms with E-state index in [1.165, 1.54) is 11.2 Å². The van der Waals surface area contributed by atoms with Gasteiger partial charge in [0.15, 0.2) is 0 Å². The fraction of sp³-hybridized carbons (Fsp3) is 0.684. The van der Waals surface area contributed by atoms with Crippen LogP contribution in [0.1, 0.15) is 56.2 Å². The topological polar surface area (TPSA) is 66.4 Å². The molecule has 2 rings (SSSR count). The van der Waals surface area contributed by atoms with Crippen molar-refractivity contribution in [2.45, 2.75) is 46.5 Å². The first-order valence-electron chi connectivity index (χ1n) is 8.96. The van der Waals surface area contributed by atoms with Crippen molar-refractivity contribution < 1.29 is 9.59 Å². The zero-order valence-corrected chi connectivity index (χ0v) is 16.1. The highest BCUT2D eigenvalue weighted by molar-refractivity contribution is 5.91. The highest BCUT2D eigenvalue weighted by Crippen LogP contribution is 2.24.